The lowest BCUT2D eigenvalue weighted by Gasteiger charge is -2.05. The number of hydrogen-bond acceptors (Lipinski definition) is 4. The van der Waals surface area contributed by atoms with Crippen molar-refractivity contribution in [1.82, 2.24) is 25.4 Å². The van der Waals surface area contributed by atoms with Crippen LogP contribution in [0.4, 0.5) is 0 Å². The predicted molar refractivity (Wildman–Crippen MR) is 109 cm³/mol. The van der Waals surface area contributed by atoms with Gasteiger partial charge < -0.3 is 10.6 Å². The van der Waals surface area contributed by atoms with E-state index in [1.54, 1.807) is 35.3 Å². The van der Waals surface area contributed by atoms with E-state index in [1.165, 1.54) is 6.08 Å². The molecule has 0 aliphatic heterocycles. The number of carbonyl (C=O) groups is 2. The minimum Gasteiger partial charge on any atom is -0.349 e. The summed E-state index contributed by atoms with van der Waals surface area (Å²) >= 11 is 0. The molecular formula is C22H21N5O2. The molecule has 0 saturated heterocycles. The second kappa shape index (κ2) is 8.52. The number of hydrogen-bond donors (Lipinski definition) is 2. The molecule has 1 saturated carbocycles. The van der Waals surface area contributed by atoms with Gasteiger partial charge in [0.05, 0.1) is 0 Å². The van der Waals surface area contributed by atoms with Gasteiger partial charge >= 0.3 is 0 Å². The fourth-order valence-corrected chi connectivity index (χ4v) is 2.76. The molecule has 1 aliphatic carbocycles. The number of rotatable bonds is 7. The summed E-state index contributed by atoms with van der Waals surface area (Å²) in [5.41, 5.74) is 2.41. The summed E-state index contributed by atoms with van der Waals surface area (Å²) in [6.07, 6.45) is 10.5. The zero-order valence-corrected chi connectivity index (χ0v) is 15.8. The van der Waals surface area contributed by atoms with E-state index in [0.717, 1.165) is 24.0 Å². The Morgan fingerprint density at radius 2 is 1.97 bits per heavy atom. The Labute approximate surface area is 168 Å². The van der Waals surface area contributed by atoms with Crippen LogP contribution >= 0.6 is 0 Å². The summed E-state index contributed by atoms with van der Waals surface area (Å²) < 4.78 is 1.67. The van der Waals surface area contributed by atoms with Crippen LogP contribution in [-0.2, 0) is 11.3 Å². The van der Waals surface area contributed by atoms with Crippen LogP contribution in [-0.4, -0.2) is 32.6 Å². The standard InChI is InChI=1S/C22H21N5O2/c28-21(24-15-17-10-12-23-20(14-17)27-13-1-11-25-27)9-4-16-2-5-18(6-3-16)22(29)26-19-7-8-19/h1-6,9-14,19H,7-8,15H2,(H,24,28)(H,26,29)/b9-4+. The summed E-state index contributed by atoms with van der Waals surface area (Å²) in [6, 6.07) is 13.1. The Hall–Kier alpha value is -3.74. The molecular weight excluding hydrogens is 366 g/mol. The zero-order chi connectivity index (χ0) is 20.1. The van der Waals surface area contributed by atoms with E-state index in [2.05, 4.69) is 20.7 Å². The number of nitrogens with one attached hydrogen (secondary N) is 2. The first kappa shape index (κ1) is 18.6. The molecule has 4 rings (SSSR count). The number of nitrogens with zero attached hydrogens (tertiary/aromatic N) is 3. The highest BCUT2D eigenvalue weighted by atomic mass is 16.2. The van der Waals surface area contributed by atoms with Crippen molar-refractivity contribution in [2.45, 2.75) is 25.4 Å². The van der Waals surface area contributed by atoms with Gasteiger partial charge in [-0.25, -0.2) is 9.67 Å². The molecule has 3 aromatic rings. The molecule has 7 nitrogen and oxygen atoms in total. The number of aromatic nitrogens is 3. The maximum absolute atomic E-state index is 12.1. The van der Waals surface area contributed by atoms with Crippen molar-refractivity contribution in [3.8, 4) is 5.82 Å². The van der Waals surface area contributed by atoms with Crippen LogP contribution in [0, 0.1) is 0 Å². The summed E-state index contributed by atoms with van der Waals surface area (Å²) in [5, 5.41) is 9.96. The Morgan fingerprint density at radius 1 is 1.14 bits per heavy atom. The van der Waals surface area contributed by atoms with Gasteiger partial charge in [-0.3, -0.25) is 9.59 Å². The van der Waals surface area contributed by atoms with Crippen molar-refractivity contribution in [1.29, 1.82) is 0 Å². The SMILES string of the molecule is O=C(/C=C/c1ccc(C(=O)NC2CC2)cc1)NCc1ccnc(-n2cccn2)c1. The molecule has 0 spiro atoms. The van der Waals surface area contributed by atoms with Crippen molar-refractivity contribution in [3.63, 3.8) is 0 Å². The normalized spacial score (nSPS) is 13.4. The van der Waals surface area contributed by atoms with Crippen molar-refractivity contribution < 1.29 is 9.59 Å². The second-order valence-electron chi connectivity index (χ2n) is 6.89. The lowest BCUT2D eigenvalue weighted by atomic mass is 10.1. The van der Waals surface area contributed by atoms with E-state index in [1.807, 2.05) is 36.5 Å². The Kier molecular flexibility index (Phi) is 5.47. The van der Waals surface area contributed by atoms with Crippen LogP contribution < -0.4 is 10.6 Å². The molecule has 0 radical (unpaired) electrons. The van der Waals surface area contributed by atoms with Gasteiger partial charge in [0.2, 0.25) is 5.91 Å². The van der Waals surface area contributed by atoms with Crippen molar-refractivity contribution >= 4 is 17.9 Å². The smallest absolute Gasteiger partial charge is 0.251 e. The quantitative estimate of drug-likeness (QED) is 0.610. The van der Waals surface area contributed by atoms with E-state index < -0.39 is 0 Å². The van der Waals surface area contributed by atoms with Crippen molar-refractivity contribution in [3.05, 3.63) is 83.8 Å². The van der Waals surface area contributed by atoms with Crippen LogP contribution in [0.15, 0.2) is 67.1 Å². The first-order valence-electron chi connectivity index (χ1n) is 9.49. The van der Waals surface area contributed by atoms with E-state index >= 15 is 0 Å². The molecule has 0 unspecified atom stereocenters. The highest BCUT2D eigenvalue weighted by Gasteiger charge is 2.23. The van der Waals surface area contributed by atoms with Gasteiger partial charge in [0.15, 0.2) is 5.82 Å². The maximum atomic E-state index is 12.1. The van der Waals surface area contributed by atoms with Crippen LogP contribution in [0.3, 0.4) is 0 Å². The van der Waals surface area contributed by atoms with E-state index in [0.29, 0.717) is 24.0 Å². The highest BCUT2D eigenvalue weighted by Crippen LogP contribution is 2.19. The van der Waals surface area contributed by atoms with Gasteiger partial charge in [-0.2, -0.15) is 5.10 Å². The van der Waals surface area contributed by atoms with E-state index in [-0.39, 0.29) is 11.8 Å². The lowest BCUT2D eigenvalue weighted by molar-refractivity contribution is -0.116. The highest BCUT2D eigenvalue weighted by molar-refractivity contribution is 5.95. The number of amides is 2. The first-order chi connectivity index (χ1) is 14.2. The second-order valence-corrected chi connectivity index (χ2v) is 6.89. The summed E-state index contributed by atoms with van der Waals surface area (Å²) in [4.78, 5) is 28.4. The Balaban J connectivity index is 1.29. The largest absolute Gasteiger partial charge is 0.349 e. The van der Waals surface area contributed by atoms with E-state index in [9.17, 15) is 9.59 Å². The van der Waals surface area contributed by atoms with Gasteiger partial charge in [-0.1, -0.05) is 12.1 Å². The van der Waals surface area contributed by atoms with Crippen LogP contribution in [0.1, 0.15) is 34.3 Å². The average Bonchev–Trinajstić information content (AvgIpc) is 3.39. The molecule has 0 atom stereocenters. The molecule has 2 amide bonds. The van der Waals surface area contributed by atoms with Gasteiger partial charge in [0.1, 0.15) is 0 Å². The lowest BCUT2D eigenvalue weighted by Crippen LogP contribution is -2.25. The summed E-state index contributed by atoms with van der Waals surface area (Å²) in [7, 11) is 0. The third kappa shape index (κ3) is 5.16. The molecule has 29 heavy (non-hydrogen) atoms. The van der Waals surface area contributed by atoms with Gasteiger partial charge in [0, 0.05) is 42.8 Å². The van der Waals surface area contributed by atoms with Gasteiger partial charge in [-0.05, 0) is 60.4 Å². The zero-order valence-electron chi connectivity index (χ0n) is 15.8. The summed E-state index contributed by atoms with van der Waals surface area (Å²) in [6.45, 7) is 0.389. The molecule has 2 heterocycles. The molecule has 2 aromatic heterocycles. The first-order valence-corrected chi connectivity index (χ1v) is 9.49. The monoisotopic (exact) mass is 387 g/mol. The van der Waals surface area contributed by atoms with Crippen molar-refractivity contribution in [2.75, 3.05) is 0 Å². The van der Waals surface area contributed by atoms with Crippen molar-refractivity contribution in [2.24, 2.45) is 0 Å². The van der Waals surface area contributed by atoms with Crippen LogP contribution in [0.25, 0.3) is 11.9 Å². The van der Waals surface area contributed by atoms with Crippen LogP contribution in [0.2, 0.25) is 0 Å². The molecule has 1 aliphatic rings. The summed E-state index contributed by atoms with van der Waals surface area (Å²) in [5.74, 6) is 0.453. The molecule has 0 bridgehead atoms. The minimum atomic E-state index is -0.196. The third-order valence-corrected chi connectivity index (χ3v) is 4.53. The third-order valence-electron chi connectivity index (χ3n) is 4.53. The van der Waals surface area contributed by atoms with Gasteiger partial charge in [-0.15, -0.1) is 0 Å². The Bertz CT molecular complexity index is 1020. The molecule has 1 fully saturated rings. The number of pyridine rings is 1. The predicted octanol–water partition coefficient (Wildman–Crippen LogP) is 2.49. The van der Waals surface area contributed by atoms with Gasteiger partial charge in [0.25, 0.3) is 5.91 Å². The fourth-order valence-electron chi connectivity index (χ4n) is 2.76. The van der Waals surface area contributed by atoms with E-state index in [4.69, 9.17) is 0 Å². The molecule has 2 N–H and O–H groups in total. The number of carbonyl (C=O) groups excluding carboxylic acids is 2. The Morgan fingerprint density at radius 3 is 2.69 bits per heavy atom. The molecule has 7 heteroatoms. The number of benzene rings is 1. The molecule has 1 aromatic carbocycles. The maximum Gasteiger partial charge on any atom is 0.251 e. The van der Waals surface area contributed by atoms with Crippen LogP contribution in [0.5, 0.6) is 0 Å². The molecule has 146 valence electrons. The minimum absolute atomic E-state index is 0.0485. The fraction of sp³-hybridized carbons (Fsp3) is 0.182. The topological polar surface area (TPSA) is 88.9 Å². The average molecular weight is 387 g/mol.